The summed E-state index contributed by atoms with van der Waals surface area (Å²) in [5.41, 5.74) is 1.93. The molecule has 1 aromatic carbocycles. The number of aliphatic carboxylic acids is 2. The van der Waals surface area contributed by atoms with Crippen molar-refractivity contribution in [1.29, 1.82) is 0 Å². The summed E-state index contributed by atoms with van der Waals surface area (Å²) in [6, 6.07) is 6.49. The molecule has 0 saturated heterocycles. The Morgan fingerprint density at radius 2 is 1.43 bits per heavy atom. The van der Waals surface area contributed by atoms with Crippen LogP contribution in [0.15, 0.2) is 59.7 Å². The molecule has 1 saturated carbocycles. The van der Waals surface area contributed by atoms with Crippen LogP contribution in [0.1, 0.15) is 11.5 Å². The quantitative estimate of drug-likeness (QED) is 0.392. The standard InChI is InChI=1S/C22H22N2O6/c1-23(11-17(25)26)15-7-3-13(4-8-15)19-21(29)20(22(19)30)14-5-9-16(10-6-14)24(2)12-18(27)28/h3-10,15,20H,11-12H2,1-2H3,(H,25,26)(H,27,28). The zero-order valence-corrected chi connectivity index (χ0v) is 16.6. The number of allylic oxidation sites excluding steroid dienone is 4. The van der Waals surface area contributed by atoms with E-state index in [0.29, 0.717) is 16.8 Å². The molecule has 0 heterocycles. The zero-order valence-electron chi connectivity index (χ0n) is 16.6. The summed E-state index contributed by atoms with van der Waals surface area (Å²) < 4.78 is 0. The van der Waals surface area contributed by atoms with Gasteiger partial charge in [-0.15, -0.1) is 0 Å². The summed E-state index contributed by atoms with van der Waals surface area (Å²) in [5, 5.41) is 17.7. The van der Waals surface area contributed by atoms with E-state index in [9.17, 15) is 19.2 Å². The number of likely N-dealkylation sites (N-methyl/N-ethyl adjacent to an activating group) is 2. The number of carboxylic acids is 2. The van der Waals surface area contributed by atoms with Gasteiger partial charge in [-0.2, -0.15) is 0 Å². The summed E-state index contributed by atoms with van der Waals surface area (Å²) in [7, 11) is 3.33. The van der Waals surface area contributed by atoms with Crippen LogP contribution in [-0.4, -0.2) is 71.8 Å². The van der Waals surface area contributed by atoms with Crippen LogP contribution in [0.2, 0.25) is 0 Å². The molecule has 2 aliphatic rings. The normalized spacial score (nSPS) is 20.5. The van der Waals surface area contributed by atoms with Gasteiger partial charge in [0.25, 0.3) is 0 Å². The average molecular weight is 410 g/mol. The summed E-state index contributed by atoms with van der Waals surface area (Å²) in [6.07, 6.45) is 6.86. The first-order valence-corrected chi connectivity index (χ1v) is 9.33. The molecule has 30 heavy (non-hydrogen) atoms. The molecule has 2 aliphatic carbocycles. The highest BCUT2D eigenvalue weighted by Crippen LogP contribution is 2.37. The van der Waals surface area contributed by atoms with Crippen molar-refractivity contribution in [2.45, 2.75) is 12.0 Å². The van der Waals surface area contributed by atoms with Crippen LogP contribution in [0, 0.1) is 0 Å². The molecule has 0 bridgehead atoms. The lowest BCUT2D eigenvalue weighted by Gasteiger charge is -2.29. The number of nitrogens with zero attached hydrogens (tertiary/aromatic N) is 2. The van der Waals surface area contributed by atoms with E-state index in [0.717, 1.165) is 0 Å². The Labute approximate surface area is 173 Å². The van der Waals surface area contributed by atoms with Crippen molar-refractivity contribution in [3.05, 3.63) is 65.3 Å². The van der Waals surface area contributed by atoms with E-state index in [2.05, 4.69) is 0 Å². The van der Waals surface area contributed by atoms with Gasteiger partial charge in [0, 0.05) is 18.8 Å². The lowest BCUT2D eigenvalue weighted by molar-refractivity contribution is -0.138. The molecule has 8 nitrogen and oxygen atoms in total. The number of carbonyl (C=O) groups excluding carboxylic acids is 2. The largest absolute Gasteiger partial charge is 0.480 e. The van der Waals surface area contributed by atoms with Crippen molar-refractivity contribution < 1.29 is 29.4 Å². The molecule has 1 aromatic rings. The second kappa shape index (κ2) is 8.46. The van der Waals surface area contributed by atoms with Gasteiger partial charge in [0.2, 0.25) is 0 Å². The molecule has 156 valence electrons. The van der Waals surface area contributed by atoms with Gasteiger partial charge in [-0.3, -0.25) is 24.1 Å². The molecular formula is C22H22N2O6. The van der Waals surface area contributed by atoms with Crippen LogP contribution in [0.3, 0.4) is 0 Å². The van der Waals surface area contributed by atoms with Gasteiger partial charge in [0.15, 0.2) is 11.6 Å². The maximum Gasteiger partial charge on any atom is 0.323 e. The Bertz CT molecular complexity index is 955. The Morgan fingerprint density at radius 1 is 0.900 bits per heavy atom. The molecule has 0 amide bonds. The SMILES string of the molecule is CN(CC(=O)O)c1ccc(C2C(=O)C(=C3C=CC(N(C)CC(=O)O)C=C3)C2=O)cc1. The van der Waals surface area contributed by atoms with Crippen LogP contribution >= 0.6 is 0 Å². The van der Waals surface area contributed by atoms with E-state index in [1.807, 2.05) is 0 Å². The second-order valence-electron chi connectivity index (χ2n) is 7.35. The topological polar surface area (TPSA) is 115 Å². The van der Waals surface area contributed by atoms with Crippen molar-refractivity contribution in [2.75, 3.05) is 32.1 Å². The molecule has 0 radical (unpaired) electrons. The number of hydrogen-bond acceptors (Lipinski definition) is 6. The number of benzene rings is 1. The van der Waals surface area contributed by atoms with Gasteiger partial charge in [-0.05, 0) is 30.3 Å². The minimum absolute atomic E-state index is 0.122. The molecule has 0 spiro atoms. The van der Waals surface area contributed by atoms with Crippen molar-refractivity contribution in [1.82, 2.24) is 4.90 Å². The number of rotatable bonds is 7. The van der Waals surface area contributed by atoms with Crippen molar-refractivity contribution in [3.63, 3.8) is 0 Å². The number of hydrogen-bond donors (Lipinski definition) is 2. The Balaban J connectivity index is 1.71. The molecule has 0 aliphatic heterocycles. The van der Waals surface area contributed by atoms with Gasteiger partial charge >= 0.3 is 11.9 Å². The molecule has 3 rings (SSSR count). The first-order chi connectivity index (χ1) is 14.2. The van der Waals surface area contributed by atoms with Crippen molar-refractivity contribution in [3.8, 4) is 0 Å². The minimum Gasteiger partial charge on any atom is -0.480 e. The fourth-order valence-corrected chi connectivity index (χ4v) is 3.56. The number of anilines is 1. The highest BCUT2D eigenvalue weighted by atomic mass is 16.4. The second-order valence-corrected chi connectivity index (χ2v) is 7.35. The van der Waals surface area contributed by atoms with E-state index in [1.165, 1.54) is 0 Å². The van der Waals surface area contributed by atoms with E-state index in [-0.39, 0.29) is 36.3 Å². The molecule has 1 fully saturated rings. The lowest BCUT2D eigenvalue weighted by Crippen LogP contribution is -2.40. The highest BCUT2D eigenvalue weighted by Gasteiger charge is 2.46. The van der Waals surface area contributed by atoms with E-state index >= 15 is 0 Å². The Morgan fingerprint density at radius 3 is 1.93 bits per heavy atom. The number of carbonyl (C=O) groups is 4. The van der Waals surface area contributed by atoms with Gasteiger partial charge in [-0.1, -0.05) is 36.4 Å². The minimum atomic E-state index is -0.952. The first-order valence-electron chi connectivity index (χ1n) is 9.33. The molecule has 0 unspecified atom stereocenters. The monoisotopic (exact) mass is 410 g/mol. The first kappa shape index (κ1) is 21.2. The third kappa shape index (κ3) is 4.23. The zero-order chi connectivity index (χ0) is 22.0. The number of ketones is 2. The summed E-state index contributed by atoms with van der Waals surface area (Å²) in [5.74, 6) is -3.25. The Hall–Kier alpha value is -3.52. The maximum absolute atomic E-state index is 12.7. The molecular weight excluding hydrogens is 388 g/mol. The predicted octanol–water partition coefficient (Wildman–Crippen LogP) is 1.25. The van der Waals surface area contributed by atoms with Crippen molar-refractivity contribution >= 4 is 29.2 Å². The summed E-state index contributed by atoms with van der Waals surface area (Å²) >= 11 is 0. The van der Waals surface area contributed by atoms with E-state index < -0.39 is 17.9 Å². The summed E-state index contributed by atoms with van der Waals surface area (Å²) in [4.78, 5) is 50.2. The third-order valence-corrected chi connectivity index (χ3v) is 5.19. The fraction of sp³-hybridized carbons (Fsp3) is 0.273. The number of Topliss-reactive ketones (excluding diaryl/α,β-unsaturated/α-hetero) is 2. The van der Waals surface area contributed by atoms with Crippen LogP contribution in [0.5, 0.6) is 0 Å². The van der Waals surface area contributed by atoms with Crippen LogP contribution in [-0.2, 0) is 19.2 Å². The smallest absolute Gasteiger partial charge is 0.323 e. The van der Waals surface area contributed by atoms with Crippen LogP contribution < -0.4 is 4.90 Å². The number of carboxylic acid groups (broad SMARTS) is 2. The maximum atomic E-state index is 12.7. The van der Waals surface area contributed by atoms with Crippen molar-refractivity contribution in [2.24, 2.45) is 0 Å². The third-order valence-electron chi connectivity index (χ3n) is 5.19. The van der Waals surface area contributed by atoms with Crippen LogP contribution in [0.4, 0.5) is 5.69 Å². The predicted molar refractivity (Wildman–Crippen MR) is 109 cm³/mol. The molecule has 0 atom stereocenters. The van der Waals surface area contributed by atoms with E-state index in [4.69, 9.17) is 10.2 Å². The van der Waals surface area contributed by atoms with Gasteiger partial charge in [-0.25, -0.2) is 0 Å². The highest BCUT2D eigenvalue weighted by molar-refractivity contribution is 6.42. The van der Waals surface area contributed by atoms with Crippen LogP contribution in [0.25, 0.3) is 0 Å². The van der Waals surface area contributed by atoms with Gasteiger partial charge < -0.3 is 15.1 Å². The average Bonchev–Trinajstić information content (AvgIpc) is 2.68. The fourth-order valence-electron chi connectivity index (χ4n) is 3.56. The Kier molecular flexibility index (Phi) is 5.98. The molecule has 8 heteroatoms. The summed E-state index contributed by atoms with van der Waals surface area (Å²) in [6.45, 7) is -0.277. The van der Waals surface area contributed by atoms with E-state index in [1.54, 1.807) is 72.5 Å². The lowest BCUT2D eigenvalue weighted by atomic mass is 9.70. The van der Waals surface area contributed by atoms with Gasteiger partial charge in [0.05, 0.1) is 12.1 Å². The molecule has 0 aromatic heterocycles. The molecule has 2 N–H and O–H groups in total. The van der Waals surface area contributed by atoms with Gasteiger partial charge in [0.1, 0.15) is 12.5 Å².